The Morgan fingerprint density at radius 2 is 1.00 bits per heavy atom. The fourth-order valence-electron chi connectivity index (χ4n) is 8.27. The molecule has 1 saturated heterocycles. The van der Waals surface area contributed by atoms with Crippen LogP contribution in [0.15, 0.2) is 96.1 Å². The van der Waals surface area contributed by atoms with Crippen molar-refractivity contribution in [2.75, 3.05) is 14.2 Å². The number of hydrogen-bond donors (Lipinski definition) is 0. The van der Waals surface area contributed by atoms with E-state index in [2.05, 4.69) is 111 Å². The zero-order valence-corrected chi connectivity index (χ0v) is 30.0. The summed E-state index contributed by atoms with van der Waals surface area (Å²) in [6.45, 7) is 4.77. The number of ether oxygens (including phenoxy) is 2. The third-order valence-corrected chi connectivity index (χ3v) is 25.7. The van der Waals surface area contributed by atoms with E-state index in [1.807, 2.05) is 0 Å². The van der Waals surface area contributed by atoms with E-state index in [1.54, 1.807) is 36.5 Å². The topological polar surface area (TPSA) is 18.5 Å². The van der Waals surface area contributed by atoms with Crippen LogP contribution in [0.1, 0.15) is 62.6 Å². The summed E-state index contributed by atoms with van der Waals surface area (Å²) in [5, 5.41) is 0. The number of rotatable bonds is 8. The predicted octanol–water partition coefficient (Wildman–Crippen LogP) is 4.84. The van der Waals surface area contributed by atoms with Crippen molar-refractivity contribution in [3.8, 4) is 33.8 Å². The van der Waals surface area contributed by atoms with E-state index in [1.165, 1.54) is 48.1 Å². The number of hydrogen-bond acceptors (Lipinski definition) is 2. The largest absolute Gasteiger partial charge is 1.00 e. The van der Waals surface area contributed by atoms with Gasteiger partial charge in [0.1, 0.15) is 0 Å². The molecule has 7 rings (SSSR count). The number of allylic oxidation sites excluding steroid dienone is 2. The maximum Gasteiger partial charge on any atom is -1.00 e. The monoisotopic (exact) mass is 700 g/mol. The normalized spacial score (nSPS) is 18.2. The average molecular weight is 703 g/mol. The molecule has 2 atom stereocenters. The molecule has 226 valence electrons. The Bertz CT molecular complexity index is 1580. The zero-order valence-electron chi connectivity index (χ0n) is 26.0. The maximum atomic E-state index is 5.45. The summed E-state index contributed by atoms with van der Waals surface area (Å²) in [5.74, 6) is 1.82. The first-order chi connectivity index (χ1) is 20.6. The van der Waals surface area contributed by atoms with Crippen LogP contribution in [0.5, 0.6) is 11.5 Å². The van der Waals surface area contributed by atoms with Crippen LogP contribution in [0, 0.1) is 0 Å². The van der Waals surface area contributed by atoms with Gasteiger partial charge in [0.05, 0.1) is 0 Å². The Hall–Kier alpha value is -2.58. The molecule has 5 heteroatoms. The van der Waals surface area contributed by atoms with Crippen molar-refractivity contribution in [2.24, 2.45) is 0 Å². The number of methoxy groups -OCH3 is 2. The first-order valence-corrected chi connectivity index (χ1v) is 21.9. The van der Waals surface area contributed by atoms with Gasteiger partial charge in [-0.25, -0.2) is 0 Å². The summed E-state index contributed by atoms with van der Waals surface area (Å²) in [5.41, 5.74) is 14.8. The van der Waals surface area contributed by atoms with Crippen LogP contribution in [0.4, 0.5) is 0 Å². The first-order valence-electron chi connectivity index (χ1n) is 15.6. The van der Waals surface area contributed by atoms with E-state index in [-0.39, 0.29) is 24.8 Å². The van der Waals surface area contributed by atoms with Gasteiger partial charge in [-0.15, -0.1) is 0 Å². The minimum Gasteiger partial charge on any atom is -1.00 e. The number of benzene rings is 4. The van der Waals surface area contributed by atoms with Gasteiger partial charge in [0.25, 0.3) is 0 Å². The molecule has 4 aromatic rings. The maximum absolute atomic E-state index is 5.45. The van der Waals surface area contributed by atoms with E-state index >= 15 is 0 Å². The fourth-order valence-corrected chi connectivity index (χ4v) is 24.1. The van der Waals surface area contributed by atoms with Crippen LogP contribution in [0.2, 0.25) is 8.26 Å². The molecular formula is C39H40Cl2O2Zr. The SMILES string of the molecule is CCC1=Cc2c(-c3ccc(OC)cc3)cccc2[CH]1[Zr+2]1([CH]2C(CC)=Cc3c(-c4ccc(OC)cc4)cccc32)[CH2]C[CH2]1.[Cl-].[Cl-]. The minimum absolute atomic E-state index is 0. The van der Waals surface area contributed by atoms with Crippen molar-refractivity contribution in [1.82, 2.24) is 0 Å². The van der Waals surface area contributed by atoms with Gasteiger partial charge < -0.3 is 24.8 Å². The van der Waals surface area contributed by atoms with Crippen LogP contribution in [0.25, 0.3) is 34.4 Å². The molecule has 2 aliphatic carbocycles. The second kappa shape index (κ2) is 13.4. The second-order valence-electron chi connectivity index (χ2n) is 12.2. The molecule has 2 nitrogen and oxygen atoms in total. The van der Waals surface area contributed by atoms with Crippen molar-refractivity contribution in [2.45, 2.75) is 48.6 Å². The minimum atomic E-state index is -2.83. The van der Waals surface area contributed by atoms with Gasteiger partial charge >= 0.3 is 257 Å². The quantitative estimate of drug-likeness (QED) is 0.262. The fraction of sp³-hybridized carbons (Fsp3) is 0.282. The Morgan fingerprint density at radius 1 is 0.591 bits per heavy atom. The van der Waals surface area contributed by atoms with Gasteiger partial charge in [-0.05, 0) is 0 Å². The Kier molecular flexibility index (Phi) is 10.0. The molecule has 1 fully saturated rings. The molecule has 0 aromatic heterocycles. The van der Waals surface area contributed by atoms with E-state index in [0.29, 0.717) is 7.25 Å². The molecule has 1 heterocycles. The smallest absolute Gasteiger partial charge is 1.00 e. The molecule has 0 amide bonds. The van der Waals surface area contributed by atoms with E-state index in [4.69, 9.17) is 9.47 Å². The van der Waals surface area contributed by atoms with Crippen molar-refractivity contribution >= 4 is 12.2 Å². The average Bonchev–Trinajstić information content (AvgIpc) is 3.60. The molecule has 0 radical (unpaired) electrons. The first kappa shape index (κ1) is 32.8. The van der Waals surface area contributed by atoms with E-state index < -0.39 is 20.3 Å². The molecule has 3 aliphatic rings. The molecule has 0 N–H and O–H groups in total. The molecule has 2 unspecified atom stereocenters. The third kappa shape index (κ3) is 5.24. The van der Waals surface area contributed by atoms with Gasteiger partial charge in [-0.1, -0.05) is 0 Å². The molecule has 0 bridgehead atoms. The van der Waals surface area contributed by atoms with Crippen molar-refractivity contribution < 1.29 is 54.6 Å². The van der Waals surface area contributed by atoms with Crippen LogP contribution >= 0.6 is 0 Å². The molecule has 1 aliphatic heterocycles. The van der Waals surface area contributed by atoms with Gasteiger partial charge in [0.2, 0.25) is 0 Å². The van der Waals surface area contributed by atoms with Crippen LogP contribution in [-0.4, -0.2) is 14.2 Å². The standard InChI is InChI=1S/2C18H17O.C3H6.2ClH.Zr/c2*1-3-13-11-15-5-4-6-17(18(15)12-13)14-7-9-16(19-2)10-8-14;1-3-2;;;/h2*4-12H,3H2,1-2H3;1-3H2;2*1H;/q;;;;;+2/p-2. The Balaban J connectivity index is 0.00000192. The van der Waals surface area contributed by atoms with Crippen LogP contribution in [-0.2, 0) is 20.3 Å². The number of fused-ring (bicyclic) bond motifs is 2. The van der Waals surface area contributed by atoms with E-state index in [9.17, 15) is 0 Å². The van der Waals surface area contributed by atoms with Crippen LogP contribution < -0.4 is 34.3 Å². The molecule has 0 saturated carbocycles. The summed E-state index contributed by atoms with van der Waals surface area (Å²) >= 11 is -2.83. The summed E-state index contributed by atoms with van der Waals surface area (Å²) < 4.78 is 15.2. The van der Waals surface area contributed by atoms with Gasteiger partial charge in [0, 0.05) is 0 Å². The summed E-state index contributed by atoms with van der Waals surface area (Å²) in [4.78, 5) is 0. The van der Waals surface area contributed by atoms with Crippen molar-refractivity contribution in [1.29, 1.82) is 0 Å². The molecular weight excluding hydrogens is 663 g/mol. The van der Waals surface area contributed by atoms with Gasteiger partial charge in [-0.2, -0.15) is 0 Å². The van der Waals surface area contributed by atoms with Crippen molar-refractivity contribution in [3.63, 3.8) is 0 Å². The zero-order chi connectivity index (χ0) is 28.8. The van der Waals surface area contributed by atoms with Gasteiger partial charge in [0.15, 0.2) is 0 Å². The summed E-state index contributed by atoms with van der Waals surface area (Å²) in [6, 6.07) is 31.4. The summed E-state index contributed by atoms with van der Waals surface area (Å²) in [6.07, 6.45) is 8.86. The summed E-state index contributed by atoms with van der Waals surface area (Å²) in [7, 11) is 3.47. The van der Waals surface area contributed by atoms with Gasteiger partial charge in [-0.3, -0.25) is 0 Å². The predicted molar refractivity (Wildman–Crippen MR) is 173 cm³/mol. The molecule has 0 spiro atoms. The van der Waals surface area contributed by atoms with Crippen LogP contribution in [0.3, 0.4) is 0 Å². The molecule has 4 aromatic carbocycles. The Morgan fingerprint density at radius 3 is 1.32 bits per heavy atom. The van der Waals surface area contributed by atoms with Crippen molar-refractivity contribution in [3.05, 3.63) is 118 Å². The molecule has 44 heavy (non-hydrogen) atoms. The van der Waals surface area contributed by atoms with E-state index in [0.717, 1.165) is 24.3 Å². The Labute approximate surface area is 279 Å². The third-order valence-electron chi connectivity index (χ3n) is 10.4. The second-order valence-corrected chi connectivity index (χ2v) is 23.5. The number of halogens is 2.